The zero-order chi connectivity index (χ0) is 11.4. The van der Waals surface area contributed by atoms with Crippen LogP contribution in [0.2, 0.25) is 0 Å². The van der Waals surface area contributed by atoms with Crippen LogP contribution in [0.1, 0.15) is 24.8 Å². The second-order valence-corrected chi connectivity index (χ2v) is 4.60. The van der Waals surface area contributed by atoms with E-state index in [1.807, 2.05) is 12.1 Å². The van der Waals surface area contributed by atoms with Crippen molar-refractivity contribution in [3.63, 3.8) is 0 Å². The van der Waals surface area contributed by atoms with Gasteiger partial charge in [-0.1, -0.05) is 12.1 Å². The number of nitrogens with one attached hydrogen (secondary N) is 1. The Balaban J connectivity index is 1.76. The Morgan fingerprint density at radius 1 is 1.31 bits per heavy atom. The zero-order valence-electron chi connectivity index (χ0n) is 9.24. The molecule has 3 nitrogen and oxygen atoms in total. The van der Waals surface area contributed by atoms with Gasteiger partial charge >= 0.3 is 0 Å². The molecular formula is C13H16N2O. The smallest absolute Gasteiger partial charge is 0.115 e. The van der Waals surface area contributed by atoms with Crippen molar-refractivity contribution in [2.24, 2.45) is 5.41 Å². The van der Waals surface area contributed by atoms with Crippen LogP contribution in [0.4, 0.5) is 0 Å². The fourth-order valence-electron chi connectivity index (χ4n) is 1.85. The van der Waals surface area contributed by atoms with Crippen molar-refractivity contribution >= 4 is 0 Å². The summed E-state index contributed by atoms with van der Waals surface area (Å²) in [5.41, 5.74) is 1.41. The van der Waals surface area contributed by atoms with E-state index in [9.17, 15) is 0 Å². The lowest BCUT2D eigenvalue weighted by atomic mass is 10.0. The number of hydrogen-bond acceptors (Lipinski definition) is 3. The first kappa shape index (κ1) is 11.0. The van der Waals surface area contributed by atoms with Gasteiger partial charge in [0.1, 0.15) is 5.75 Å². The van der Waals surface area contributed by atoms with E-state index in [4.69, 9.17) is 10.4 Å². The van der Waals surface area contributed by atoms with Crippen LogP contribution in [0.15, 0.2) is 24.3 Å². The number of benzene rings is 1. The topological polar surface area (TPSA) is 56.0 Å². The summed E-state index contributed by atoms with van der Waals surface area (Å²) in [6.45, 7) is 1.72. The van der Waals surface area contributed by atoms with Crippen LogP contribution in [0, 0.1) is 16.7 Å². The van der Waals surface area contributed by atoms with Crippen molar-refractivity contribution in [1.29, 1.82) is 5.26 Å². The van der Waals surface area contributed by atoms with Crippen LogP contribution in [-0.4, -0.2) is 11.7 Å². The van der Waals surface area contributed by atoms with E-state index in [0.29, 0.717) is 12.2 Å². The van der Waals surface area contributed by atoms with Crippen molar-refractivity contribution in [3.05, 3.63) is 29.8 Å². The largest absolute Gasteiger partial charge is 0.508 e. The molecule has 1 aromatic carbocycles. The first-order chi connectivity index (χ1) is 7.74. The monoisotopic (exact) mass is 216 g/mol. The average molecular weight is 216 g/mol. The summed E-state index contributed by atoms with van der Waals surface area (Å²) >= 11 is 0. The van der Waals surface area contributed by atoms with Crippen LogP contribution in [0.5, 0.6) is 5.75 Å². The highest BCUT2D eigenvalue weighted by molar-refractivity contribution is 5.25. The summed E-state index contributed by atoms with van der Waals surface area (Å²) in [6.07, 6.45) is 3.00. The number of rotatable bonds is 5. The minimum atomic E-state index is 0.256. The van der Waals surface area contributed by atoms with E-state index in [-0.39, 0.29) is 5.41 Å². The molecule has 1 aliphatic carbocycles. The van der Waals surface area contributed by atoms with E-state index in [1.165, 1.54) is 12.8 Å². The van der Waals surface area contributed by atoms with E-state index in [0.717, 1.165) is 18.7 Å². The number of phenols is 1. The van der Waals surface area contributed by atoms with Gasteiger partial charge in [0.15, 0.2) is 0 Å². The van der Waals surface area contributed by atoms with Gasteiger partial charge in [-0.2, -0.15) is 5.26 Å². The molecule has 0 aliphatic heterocycles. The maximum absolute atomic E-state index is 9.13. The zero-order valence-corrected chi connectivity index (χ0v) is 9.24. The third kappa shape index (κ3) is 2.74. The Morgan fingerprint density at radius 3 is 2.56 bits per heavy atom. The lowest BCUT2D eigenvalue weighted by molar-refractivity contribution is 0.464. The first-order valence-electron chi connectivity index (χ1n) is 5.60. The highest BCUT2D eigenvalue weighted by atomic mass is 16.3. The molecule has 0 saturated heterocycles. The molecule has 0 aromatic heterocycles. The van der Waals surface area contributed by atoms with Gasteiger partial charge in [-0.15, -0.1) is 0 Å². The maximum atomic E-state index is 9.13. The second-order valence-electron chi connectivity index (χ2n) is 4.60. The standard InChI is InChI=1S/C13H16N2O/c14-8-7-13(5-6-13)10-15-9-11-1-3-12(16)4-2-11/h1-4,15-16H,5-7,9-10H2. The summed E-state index contributed by atoms with van der Waals surface area (Å²) < 4.78 is 0. The van der Waals surface area contributed by atoms with Crippen molar-refractivity contribution in [2.45, 2.75) is 25.8 Å². The molecule has 0 spiro atoms. The molecule has 1 saturated carbocycles. The van der Waals surface area contributed by atoms with Crippen LogP contribution in [0.25, 0.3) is 0 Å². The van der Waals surface area contributed by atoms with E-state index in [2.05, 4.69) is 11.4 Å². The van der Waals surface area contributed by atoms with Crippen molar-refractivity contribution < 1.29 is 5.11 Å². The average Bonchev–Trinajstić information content (AvgIpc) is 3.02. The molecule has 0 bridgehead atoms. The molecule has 1 aromatic rings. The normalized spacial score (nSPS) is 16.7. The Hall–Kier alpha value is -1.53. The Labute approximate surface area is 95.7 Å². The van der Waals surface area contributed by atoms with Gasteiger partial charge in [-0.25, -0.2) is 0 Å². The molecule has 84 valence electrons. The van der Waals surface area contributed by atoms with Gasteiger partial charge in [0.2, 0.25) is 0 Å². The minimum Gasteiger partial charge on any atom is -0.508 e. The summed E-state index contributed by atoms with van der Waals surface area (Å²) in [7, 11) is 0. The van der Waals surface area contributed by atoms with Crippen molar-refractivity contribution in [2.75, 3.05) is 6.54 Å². The third-order valence-electron chi connectivity index (χ3n) is 3.18. The number of hydrogen-bond donors (Lipinski definition) is 2. The molecule has 1 fully saturated rings. The lowest BCUT2D eigenvalue weighted by Crippen LogP contribution is -2.23. The summed E-state index contributed by atoms with van der Waals surface area (Å²) in [5, 5.41) is 21.2. The Morgan fingerprint density at radius 2 is 2.00 bits per heavy atom. The molecule has 16 heavy (non-hydrogen) atoms. The van der Waals surface area contributed by atoms with E-state index >= 15 is 0 Å². The number of nitrogens with zero attached hydrogens (tertiary/aromatic N) is 1. The molecule has 0 unspecified atom stereocenters. The van der Waals surface area contributed by atoms with Crippen LogP contribution < -0.4 is 5.32 Å². The van der Waals surface area contributed by atoms with Crippen LogP contribution in [-0.2, 0) is 6.54 Å². The fraction of sp³-hybridized carbons (Fsp3) is 0.462. The Kier molecular flexibility index (Phi) is 3.12. The number of nitriles is 1. The molecule has 0 radical (unpaired) electrons. The molecule has 1 aliphatic rings. The maximum Gasteiger partial charge on any atom is 0.115 e. The molecule has 0 amide bonds. The molecular weight excluding hydrogens is 200 g/mol. The van der Waals surface area contributed by atoms with Crippen LogP contribution >= 0.6 is 0 Å². The molecule has 3 heteroatoms. The summed E-state index contributed by atoms with van der Waals surface area (Å²) in [5.74, 6) is 0.298. The first-order valence-corrected chi connectivity index (χ1v) is 5.60. The minimum absolute atomic E-state index is 0.256. The lowest BCUT2D eigenvalue weighted by Gasteiger charge is -2.12. The fourth-order valence-corrected chi connectivity index (χ4v) is 1.85. The van der Waals surface area contributed by atoms with Gasteiger partial charge < -0.3 is 10.4 Å². The summed E-state index contributed by atoms with van der Waals surface area (Å²) in [4.78, 5) is 0. The molecule has 0 atom stereocenters. The predicted octanol–water partition coefficient (Wildman–Crippen LogP) is 2.18. The van der Waals surface area contributed by atoms with Gasteiger partial charge in [0.25, 0.3) is 0 Å². The summed E-state index contributed by atoms with van der Waals surface area (Å²) in [6, 6.07) is 9.46. The van der Waals surface area contributed by atoms with E-state index < -0.39 is 0 Å². The van der Waals surface area contributed by atoms with E-state index in [1.54, 1.807) is 12.1 Å². The predicted molar refractivity (Wildman–Crippen MR) is 61.7 cm³/mol. The van der Waals surface area contributed by atoms with Gasteiger partial charge in [-0.05, 0) is 36.0 Å². The van der Waals surface area contributed by atoms with Crippen molar-refractivity contribution in [1.82, 2.24) is 5.32 Å². The third-order valence-corrected chi connectivity index (χ3v) is 3.18. The SMILES string of the molecule is N#CCC1(CNCc2ccc(O)cc2)CC1. The second kappa shape index (κ2) is 4.54. The molecule has 2 N–H and O–H groups in total. The highest BCUT2D eigenvalue weighted by Crippen LogP contribution is 2.47. The molecule has 2 rings (SSSR count). The van der Waals surface area contributed by atoms with Crippen molar-refractivity contribution in [3.8, 4) is 11.8 Å². The van der Waals surface area contributed by atoms with Gasteiger partial charge in [0, 0.05) is 19.5 Å². The molecule has 0 heterocycles. The number of aromatic hydroxyl groups is 1. The van der Waals surface area contributed by atoms with Gasteiger partial charge in [-0.3, -0.25) is 0 Å². The number of phenolic OH excluding ortho intramolecular Hbond substituents is 1. The Bertz CT molecular complexity index is 387. The van der Waals surface area contributed by atoms with Crippen LogP contribution in [0.3, 0.4) is 0 Å². The van der Waals surface area contributed by atoms with Gasteiger partial charge in [0.05, 0.1) is 6.07 Å². The highest BCUT2D eigenvalue weighted by Gasteiger charge is 2.41. The quantitative estimate of drug-likeness (QED) is 0.793.